The fraction of sp³-hybridized carbons (Fsp3) is 0.474. The van der Waals surface area contributed by atoms with Crippen LogP contribution in [-0.2, 0) is 0 Å². The summed E-state index contributed by atoms with van der Waals surface area (Å²) >= 11 is 0. The Morgan fingerprint density at radius 2 is 2.04 bits per heavy atom. The Morgan fingerprint density at radius 1 is 1.30 bits per heavy atom. The van der Waals surface area contributed by atoms with E-state index < -0.39 is 6.03 Å². The molecule has 0 unspecified atom stereocenters. The Kier molecular flexibility index (Phi) is 5.95. The Morgan fingerprint density at radius 3 is 2.67 bits per heavy atom. The molecule has 1 aromatic carbocycles. The summed E-state index contributed by atoms with van der Waals surface area (Å²) in [5.74, 6) is 0.631. The highest BCUT2D eigenvalue weighted by Crippen LogP contribution is 2.28. The second kappa shape index (κ2) is 8.39. The minimum Gasteiger partial charge on any atom is -0.369 e. The second-order valence-corrected chi connectivity index (χ2v) is 6.77. The summed E-state index contributed by atoms with van der Waals surface area (Å²) in [6, 6.07) is 5.60. The van der Waals surface area contributed by atoms with Crippen LogP contribution in [0, 0.1) is 12.7 Å². The minimum atomic E-state index is -0.415. The van der Waals surface area contributed by atoms with Gasteiger partial charge in [-0.25, -0.2) is 9.18 Å². The number of benzene rings is 1. The molecular weight excluding hydrogens is 349 g/mol. The molecule has 0 bridgehead atoms. The van der Waals surface area contributed by atoms with E-state index in [1.54, 1.807) is 19.1 Å². The molecule has 0 spiro atoms. The molecule has 2 heterocycles. The van der Waals surface area contributed by atoms with Crippen molar-refractivity contribution >= 4 is 17.5 Å². The van der Waals surface area contributed by atoms with E-state index in [9.17, 15) is 9.18 Å². The molecule has 3 rings (SSSR count). The zero-order valence-corrected chi connectivity index (χ0v) is 16.0. The van der Waals surface area contributed by atoms with Crippen molar-refractivity contribution in [3.8, 4) is 0 Å². The average Bonchev–Trinajstić information content (AvgIpc) is 3.06. The van der Waals surface area contributed by atoms with Crippen LogP contribution in [0.25, 0.3) is 0 Å². The van der Waals surface area contributed by atoms with Gasteiger partial charge in [-0.3, -0.25) is 5.32 Å². The lowest BCUT2D eigenvalue weighted by molar-refractivity contribution is 0.249. The highest BCUT2D eigenvalue weighted by Gasteiger charge is 2.22. The SMILES string of the molecule is CCN1CCN(c2ccc(F)cc2[C@@H](C)NC(=O)Nc2cc(C)on2)CC1. The van der Waals surface area contributed by atoms with Gasteiger partial charge in [0.2, 0.25) is 0 Å². The van der Waals surface area contributed by atoms with Crippen molar-refractivity contribution in [3.63, 3.8) is 0 Å². The number of nitrogens with zero attached hydrogens (tertiary/aromatic N) is 3. The average molecular weight is 375 g/mol. The maximum absolute atomic E-state index is 13.9. The first-order chi connectivity index (χ1) is 13.0. The normalized spacial score (nSPS) is 16.2. The van der Waals surface area contributed by atoms with Crippen LogP contribution in [0.2, 0.25) is 0 Å². The van der Waals surface area contributed by atoms with Crippen LogP contribution >= 0.6 is 0 Å². The first-order valence-electron chi connectivity index (χ1n) is 9.24. The number of likely N-dealkylation sites (N-methyl/N-ethyl adjacent to an activating group) is 1. The van der Waals surface area contributed by atoms with Crippen molar-refractivity contribution in [1.29, 1.82) is 0 Å². The molecular formula is C19H26FN5O2. The van der Waals surface area contributed by atoms with Crippen LogP contribution in [0.3, 0.4) is 0 Å². The summed E-state index contributed by atoms with van der Waals surface area (Å²) < 4.78 is 18.8. The predicted molar refractivity (Wildman–Crippen MR) is 103 cm³/mol. The number of rotatable bonds is 5. The van der Waals surface area contributed by atoms with Crippen LogP contribution in [-0.4, -0.2) is 48.8 Å². The minimum absolute atomic E-state index is 0.317. The first-order valence-corrected chi connectivity index (χ1v) is 9.24. The molecule has 2 N–H and O–H groups in total. The van der Waals surface area contributed by atoms with Crippen molar-refractivity contribution in [2.24, 2.45) is 0 Å². The molecule has 0 saturated carbocycles. The number of amides is 2. The highest BCUT2D eigenvalue weighted by atomic mass is 19.1. The van der Waals surface area contributed by atoms with E-state index >= 15 is 0 Å². The fourth-order valence-corrected chi connectivity index (χ4v) is 3.32. The molecule has 1 saturated heterocycles. The van der Waals surface area contributed by atoms with Gasteiger partial charge in [0.15, 0.2) is 5.82 Å². The van der Waals surface area contributed by atoms with Gasteiger partial charge >= 0.3 is 6.03 Å². The van der Waals surface area contributed by atoms with E-state index in [4.69, 9.17) is 4.52 Å². The van der Waals surface area contributed by atoms with Crippen LogP contribution in [0.15, 0.2) is 28.8 Å². The number of aryl methyl sites for hydroxylation is 1. The van der Waals surface area contributed by atoms with Crippen LogP contribution in [0.1, 0.15) is 31.2 Å². The summed E-state index contributed by atoms with van der Waals surface area (Å²) in [5, 5.41) is 9.20. The molecule has 0 radical (unpaired) electrons. The van der Waals surface area contributed by atoms with Gasteiger partial charge in [0.05, 0.1) is 6.04 Å². The van der Waals surface area contributed by atoms with Gasteiger partial charge in [0.1, 0.15) is 11.6 Å². The van der Waals surface area contributed by atoms with Gasteiger partial charge < -0.3 is 19.6 Å². The van der Waals surface area contributed by atoms with Crippen molar-refractivity contribution < 1.29 is 13.7 Å². The lowest BCUT2D eigenvalue weighted by Gasteiger charge is -2.37. The van der Waals surface area contributed by atoms with Crippen molar-refractivity contribution in [2.75, 3.05) is 42.9 Å². The van der Waals surface area contributed by atoms with E-state index in [-0.39, 0.29) is 11.9 Å². The van der Waals surface area contributed by atoms with Gasteiger partial charge in [-0.15, -0.1) is 0 Å². The third kappa shape index (κ3) is 4.77. The summed E-state index contributed by atoms with van der Waals surface area (Å²) in [6.07, 6.45) is 0. The maximum Gasteiger partial charge on any atom is 0.320 e. The quantitative estimate of drug-likeness (QED) is 0.840. The van der Waals surface area contributed by atoms with Crippen molar-refractivity contribution in [1.82, 2.24) is 15.4 Å². The number of nitrogens with one attached hydrogen (secondary N) is 2. The summed E-state index contributed by atoms with van der Waals surface area (Å²) in [6.45, 7) is 10.5. The monoisotopic (exact) mass is 375 g/mol. The number of hydrogen-bond donors (Lipinski definition) is 2. The van der Waals surface area contributed by atoms with E-state index in [1.807, 2.05) is 6.92 Å². The molecule has 1 fully saturated rings. The number of aromatic nitrogens is 1. The van der Waals surface area contributed by atoms with E-state index in [2.05, 4.69) is 32.5 Å². The summed E-state index contributed by atoms with van der Waals surface area (Å²) in [5.41, 5.74) is 1.71. The highest BCUT2D eigenvalue weighted by molar-refractivity contribution is 5.88. The molecule has 7 nitrogen and oxygen atoms in total. The summed E-state index contributed by atoms with van der Waals surface area (Å²) in [4.78, 5) is 16.9. The Bertz CT molecular complexity index is 786. The van der Waals surface area contributed by atoms with E-state index in [1.165, 1.54) is 12.1 Å². The molecule has 1 aliphatic rings. The molecule has 1 aromatic heterocycles. The van der Waals surface area contributed by atoms with E-state index in [0.29, 0.717) is 11.6 Å². The van der Waals surface area contributed by atoms with Crippen LogP contribution < -0.4 is 15.5 Å². The molecule has 146 valence electrons. The molecule has 8 heteroatoms. The largest absolute Gasteiger partial charge is 0.369 e. The third-order valence-corrected chi connectivity index (χ3v) is 4.83. The van der Waals surface area contributed by atoms with Gasteiger partial charge in [-0.05, 0) is 38.6 Å². The fourth-order valence-electron chi connectivity index (χ4n) is 3.32. The number of halogens is 1. The molecule has 2 amide bonds. The zero-order chi connectivity index (χ0) is 19.4. The zero-order valence-electron chi connectivity index (χ0n) is 16.0. The van der Waals surface area contributed by atoms with Gasteiger partial charge in [0, 0.05) is 43.5 Å². The molecule has 1 aliphatic heterocycles. The number of carbonyl (C=O) groups is 1. The lowest BCUT2D eigenvalue weighted by Crippen LogP contribution is -2.46. The van der Waals surface area contributed by atoms with Crippen molar-refractivity contribution in [3.05, 3.63) is 41.4 Å². The van der Waals surface area contributed by atoms with Gasteiger partial charge in [-0.1, -0.05) is 12.1 Å². The predicted octanol–water partition coefficient (Wildman–Crippen LogP) is 3.15. The van der Waals surface area contributed by atoms with Gasteiger partial charge in [0.25, 0.3) is 0 Å². The number of piperazine rings is 1. The van der Waals surface area contributed by atoms with E-state index in [0.717, 1.165) is 44.0 Å². The van der Waals surface area contributed by atoms with Gasteiger partial charge in [-0.2, -0.15) is 0 Å². The first kappa shape index (κ1) is 19.2. The number of carbonyl (C=O) groups excluding carboxylic acids is 1. The standard InChI is InChI=1S/C19H26FN5O2/c1-4-24-7-9-25(10-8-24)17-6-5-15(20)12-16(17)14(3)21-19(26)22-18-11-13(2)27-23-18/h5-6,11-12,14H,4,7-10H2,1-3H3,(H2,21,22,23,26)/t14-/m1/s1. The van der Waals surface area contributed by atoms with Crippen LogP contribution in [0.4, 0.5) is 20.7 Å². The van der Waals surface area contributed by atoms with Crippen molar-refractivity contribution in [2.45, 2.75) is 26.8 Å². The lowest BCUT2D eigenvalue weighted by atomic mass is 10.0. The molecule has 0 aliphatic carbocycles. The third-order valence-electron chi connectivity index (χ3n) is 4.83. The molecule has 27 heavy (non-hydrogen) atoms. The Balaban J connectivity index is 1.70. The Hall–Kier alpha value is -2.61. The summed E-state index contributed by atoms with van der Waals surface area (Å²) in [7, 11) is 0. The number of urea groups is 1. The smallest absolute Gasteiger partial charge is 0.320 e. The molecule has 1 atom stereocenters. The number of hydrogen-bond acceptors (Lipinski definition) is 5. The maximum atomic E-state index is 13.9. The van der Waals surface area contributed by atoms with Crippen LogP contribution in [0.5, 0.6) is 0 Å². The topological polar surface area (TPSA) is 73.6 Å². The molecule has 2 aromatic rings. The second-order valence-electron chi connectivity index (χ2n) is 6.77. The number of anilines is 2. The Labute approximate surface area is 158 Å².